The van der Waals surface area contributed by atoms with Gasteiger partial charge < -0.3 is 14.2 Å². The molecule has 0 aliphatic carbocycles. The first-order valence-electron chi connectivity index (χ1n) is 4.69. The van der Waals surface area contributed by atoms with Gasteiger partial charge in [0.25, 0.3) is 0 Å². The summed E-state index contributed by atoms with van der Waals surface area (Å²) in [4.78, 5) is 9.81. The second-order valence-electron chi connectivity index (χ2n) is 2.90. The molecule has 0 atom stereocenters. The van der Waals surface area contributed by atoms with Crippen molar-refractivity contribution in [2.75, 3.05) is 20.8 Å². The van der Waals surface area contributed by atoms with Crippen LogP contribution in [-0.2, 0) is 9.53 Å². The van der Waals surface area contributed by atoms with E-state index in [0.717, 1.165) is 17.1 Å². The second kappa shape index (κ2) is 6.50. The average molecular weight is 221 g/mol. The third kappa shape index (κ3) is 3.31. The van der Waals surface area contributed by atoms with Crippen LogP contribution in [0.1, 0.15) is 5.56 Å². The zero-order valence-corrected chi connectivity index (χ0v) is 9.23. The van der Waals surface area contributed by atoms with Crippen molar-refractivity contribution in [2.24, 2.45) is 0 Å². The fourth-order valence-corrected chi connectivity index (χ4v) is 1.23. The molecule has 0 bridgehead atoms. The Morgan fingerprint density at radius 1 is 1.31 bits per heavy atom. The van der Waals surface area contributed by atoms with E-state index in [-0.39, 0.29) is 6.61 Å². The van der Waals surface area contributed by atoms with Crippen LogP contribution in [0.4, 0.5) is 0 Å². The van der Waals surface area contributed by atoms with Gasteiger partial charge in [-0.05, 0) is 24.3 Å². The first kappa shape index (κ1) is 12.1. The molecule has 0 saturated heterocycles. The molecule has 1 aromatic carbocycles. The second-order valence-corrected chi connectivity index (χ2v) is 2.90. The molecule has 0 saturated carbocycles. The highest BCUT2D eigenvalue weighted by molar-refractivity contribution is 5.59. The average Bonchev–Trinajstić information content (AvgIpc) is 2.34. The van der Waals surface area contributed by atoms with Crippen molar-refractivity contribution in [1.29, 1.82) is 0 Å². The molecule has 0 amide bonds. The standard InChI is InChI=1S/C12H13O4/c1-14-11-5-6-12(15-2)10(8-11)4-3-7-16-9-13/h3-6,8H,7H2,1-2H3. The number of hydrogen-bond donors (Lipinski definition) is 0. The Morgan fingerprint density at radius 2 is 2.12 bits per heavy atom. The summed E-state index contributed by atoms with van der Waals surface area (Å²) >= 11 is 0. The zero-order valence-electron chi connectivity index (χ0n) is 9.23. The highest BCUT2D eigenvalue weighted by atomic mass is 16.5. The van der Waals surface area contributed by atoms with E-state index in [1.54, 1.807) is 26.4 Å². The molecule has 4 heteroatoms. The largest absolute Gasteiger partial charge is 0.497 e. The molecule has 0 N–H and O–H groups in total. The molecule has 4 nitrogen and oxygen atoms in total. The maximum Gasteiger partial charge on any atom is 0.417 e. The summed E-state index contributed by atoms with van der Waals surface area (Å²) in [5, 5.41) is 0. The molecule has 1 aromatic rings. The van der Waals surface area contributed by atoms with Crippen molar-refractivity contribution < 1.29 is 19.0 Å². The third-order valence-corrected chi connectivity index (χ3v) is 1.97. The lowest BCUT2D eigenvalue weighted by atomic mass is 10.1. The number of ether oxygens (including phenoxy) is 3. The van der Waals surface area contributed by atoms with Gasteiger partial charge in [-0.1, -0.05) is 6.08 Å². The van der Waals surface area contributed by atoms with Crippen LogP contribution in [-0.4, -0.2) is 27.3 Å². The van der Waals surface area contributed by atoms with Gasteiger partial charge in [-0.15, -0.1) is 0 Å². The van der Waals surface area contributed by atoms with Gasteiger partial charge >= 0.3 is 6.47 Å². The van der Waals surface area contributed by atoms with Gasteiger partial charge in [0.05, 0.1) is 14.2 Å². The Kier molecular flexibility index (Phi) is 4.92. The number of carbonyl (C=O) groups excluding carboxylic acids is 1. The van der Waals surface area contributed by atoms with E-state index in [1.807, 2.05) is 18.2 Å². The minimum atomic E-state index is 0.184. The lowest BCUT2D eigenvalue weighted by Crippen LogP contribution is -1.90. The monoisotopic (exact) mass is 221 g/mol. The van der Waals surface area contributed by atoms with Crippen LogP contribution in [0.2, 0.25) is 0 Å². The third-order valence-electron chi connectivity index (χ3n) is 1.97. The van der Waals surface area contributed by atoms with Crippen molar-refractivity contribution in [3.63, 3.8) is 0 Å². The molecular formula is C12H13O4. The first-order valence-corrected chi connectivity index (χ1v) is 4.69. The lowest BCUT2D eigenvalue weighted by molar-refractivity contribution is 0.314. The normalized spacial score (nSPS) is 10.1. The molecule has 1 radical (unpaired) electrons. The zero-order chi connectivity index (χ0) is 11.8. The van der Waals surface area contributed by atoms with Gasteiger partial charge in [-0.25, -0.2) is 4.79 Å². The van der Waals surface area contributed by atoms with Gasteiger partial charge in [0, 0.05) is 5.56 Å². The van der Waals surface area contributed by atoms with Gasteiger partial charge in [-0.3, -0.25) is 0 Å². The van der Waals surface area contributed by atoms with Crippen LogP contribution in [0, 0.1) is 0 Å². The highest BCUT2D eigenvalue weighted by Crippen LogP contribution is 2.24. The predicted octanol–water partition coefficient (Wildman–Crippen LogP) is 1.80. The fraction of sp³-hybridized carbons (Fsp3) is 0.250. The summed E-state index contributed by atoms with van der Waals surface area (Å²) in [7, 11) is 3.19. The molecule has 0 fully saturated rings. The van der Waals surface area contributed by atoms with Crippen molar-refractivity contribution in [2.45, 2.75) is 0 Å². The summed E-state index contributed by atoms with van der Waals surface area (Å²) in [6.07, 6.45) is 3.49. The van der Waals surface area contributed by atoms with Crippen molar-refractivity contribution >= 4 is 12.5 Å². The number of methoxy groups -OCH3 is 2. The fourth-order valence-electron chi connectivity index (χ4n) is 1.23. The molecule has 0 aliphatic heterocycles. The van der Waals surface area contributed by atoms with E-state index in [9.17, 15) is 4.79 Å². The Hall–Kier alpha value is -1.97. The van der Waals surface area contributed by atoms with E-state index >= 15 is 0 Å². The molecule has 0 unspecified atom stereocenters. The molecule has 0 aliphatic rings. The number of benzene rings is 1. The van der Waals surface area contributed by atoms with Gasteiger partial charge in [0.15, 0.2) is 0 Å². The van der Waals surface area contributed by atoms with Crippen LogP contribution in [0.3, 0.4) is 0 Å². The summed E-state index contributed by atoms with van der Waals surface area (Å²) in [5.41, 5.74) is 0.858. The minimum absolute atomic E-state index is 0.184. The maximum absolute atomic E-state index is 9.81. The molecule has 85 valence electrons. The van der Waals surface area contributed by atoms with E-state index in [1.165, 1.54) is 6.47 Å². The summed E-state index contributed by atoms with van der Waals surface area (Å²) in [6, 6.07) is 5.46. The Balaban J connectivity index is 2.82. The van der Waals surface area contributed by atoms with E-state index in [2.05, 4.69) is 4.74 Å². The summed E-state index contributed by atoms with van der Waals surface area (Å²) in [6.45, 7) is 1.53. The smallest absolute Gasteiger partial charge is 0.417 e. The predicted molar refractivity (Wildman–Crippen MR) is 60.2 cm³/mol. The van der Waals surface area contributed by atoms with Crippen molar-refractivity contribution in [3.8, 4) is 11.5 Å². The summed E-state index contributed by atoms with van der Waals surface area (Å²) < 4.78 is 14.7. The minimum Gasteiger partial charge on any atom is -0.497 e. The van der Waals surface area contributed by atoms with Gasteiger partial charge in [0.2, 0.25) is 0 Å². The molecule has 1 rings (SSSR count). The van der Waals surface area contributed by atoms with Gasteiger partial charge in [-0.2, -0.15) is 0 Å². The molecular weight excluding hydrogens is 208 g/mol. The van der Waals surface area contributed by atoms with E-state index in [4.69, 9.17) is 9.47 Å². The number of rotatable bonds is 6. The van der Waals surface area contributed by atoms with Crippen LogP contribution in [0.15, 0.2) is 24.3 Å². The molecule has 0 spiro atoms. The van der Waals surface area contributed by atoms with Crippen molar-refractivity contribution in [3.05, 3.63) is 29.8 Å². The molecule has 0 heterocycles. The lowest BCUT2D eigenvalue weighted by Gasteiger charge is -2.06. The maximum atomic E-state index is 9.81. The topological polar surface area (TPSA) is 44.8 Å². The van der Waals surface area contributed by atoms with Crippen molar-refractivity contribution in [1.82, 2.24) is 0 Å². The van der Waals surface area contributed by atoms with Crippen LogP contribution in [0.5, 0.6) is 11.5 Å². The number of hydrogen-bond acceptors (Lipinski definition) is 4. The van der Waals surface area contributed by atoms with Crippen LogP contribution in [0.25, 0.3) is 6.08 Å². The Bertz CT molecular complexity index is 371. The highest BCUT2D eigenvalue weighted by Gasteiger charge is 2.01. The first-order chi connectivity index (χ1) is 7.81. The Morgan fingerprint density at radius 3 is 2.75 bits per heavy atom. The Labute approximate surface area is 94.4 Å². The molecule has 0 aromatic heterocycles. The van der Waals surface area contributed by atoms with Crippen LogP contribution < -0.4 is 9.47 Å². The SMILES string of the molecule is COc1ccc(OC)c(C=CCO[C]=O)c1. The van der Waals surface area contributed by atoms with E-state index < -0.39 is 0 Å². The van der Waals surface area contributed by atoms with Crippen LogP contribution >= 0.6 is 0 Å². The van der Waals surface area contributed by atoms with Gasteiger partial charge in [0.1, 0.15) is 18.1 Å². The quantitative estimate of drug-likeness (QED) is 0.687. The summed E-state index contributed by atoms with van der Waals surface area (Å²) in [5.74, 6) is 1.47. The molecule has 16 heavy (non-hydrogen) atoms. The van der Waals surface area contributed by atoms with E-state index in [0.29, 0.717) is 0 Å².